The van der Waals surface area contributed by atoms with E-state index < -0.39 is 0 Å². The van der Waals surface area contributed by atoms with Crippen LogP contribution in [0.3, 0.4) is 0 Å². The number of thioether (sulfide) groups is 1. The molecule has 0 atom stereocenters. The van der Waals surface area contributed by atoms with Gasteiger partial charge in [0, 0.05) is 0 Å². The molecule has 3 nitrogen and oxygen atoms in total. The third-order valence-electron chi connectivity index (χ3n) is 1.27. The Bertz CT molecular complexity index is 296. The molecule has 1 aromatic rings. The van der Waals surface area contributed by atoms with Crippen molar-refractivity contribution in [2.24, 2.45) is 0 Å². The molecule has 0 fully saturated rings. The smallest absolute Gasteiger partial charge is 0.231 e. The zero-order chi connectivity index (χ0) is 9.14. The number of nitrogens with zero attached hydrogens (tertiary/aromatic N) is 1. The van der Waals surface area contributed by atoms with E-state index in [0.29, 0.717) is 10.0 Å². The Hall–Kier alpha value is -0.550. The molecule has 0 aliphatic heterocycles. The van der Waals surface area contributed by atoms with E-state index >= 15 is 0 Å². The summed E-state index contributed by atoms with van der Waals surface area (Å²) < 4.78 is 0. The number of hydrogen-bond donors (Lipinski definition) is 1. The van der Waals surface area contributed by atoms with Crippen LogP contribution < -0.4 is 5.73 Å². The Labute approximate surface area is 79.4 Å². The van der Waals surface area contributed by atoms with Crippen molar-refractivity contribution in [3.05, 3.63) is 10.6 Å². The molecule has 0 aromatic carbocycles. The maximum Gasteiger partial charge on any atom is 0.231 e. The van der Waals surface area contributed by atoms with Crippen molar-refractivity contribution in [1.29, 1.82) is 0 Å². The molecule has 5 heteroatoms. The van der Waals surface area contributed by atoms with Crippen LogP contribution >= 0.6 is 23.1 Å². The second kappa shape index (κ2) is 3.91. The second-order valence-electron chi connectivity index (χ2n) is 2.19. The Morgan fingerprint density at radius 1 is 1.75 bits per heavy atom. The van der Waals surface area contributed by atoms with Crippen LogP contribution in [0, 0.1) is 6.92 Å². The predicted molar refractivity (Wildman–Crippen MR) is 53.7 cm³/mol. The van der Waals surface area contributed by atoms with Gasteiger partial charge < -0.3 is 5.73 Å². The Kier molecular flexibility index (Phi) is 3.11. The number of carbonyl (C=O) groups is 1. The summed E-state index contributed by atoms with van der Waals surface area (Å²) in [7, 11) is 0. The van der Waals surface area contributed by atoms with Gasteiger partial charge in [-0.25, -0.2) is 4.98 Å². The minimum Gasteiger partial charge on any atom is -0.375 e. The molecule has 0 saturated heterocycles. The minimum absolute atomic E-state index is 0.0733. The molecule has 0 saturated carbocycles. The molecule has 0 spiro atoms. The minimum atomic E-state index is 0.0733. The average molecular weight is 202 g/mol. The van der Waals surface area contributed by atoms with E-state index in [1.54, 1.807) is 6.92 Å². The Morgan fingerprint density at radius 2 is 2.42 bits per heavy atom. The lowest BCUT2D eigenvalue weighted by atomic mass is 10.4. The molecule has 1 heterocycles. The number of anilines is 1. The third kappa shape index (κ3) is 1.98. The summed E-state index contributed by atoms with van der Waals surface area (Å²) in [6, 6.07) is 0. The zero-order valence-corrected chi connectivity index (χ0v) is 8.59. The summed E-state index contributed by atoms with van der Waals surface area (Å²) in [4.78, 5) is 16.0. The zero-order valence-electron chi connectivity index (χ0n) is 6.96. The summed E-state index contributed by atoms with van der Waals surface area (Å²) in [6.45, 7) is 3.75. The van der Waals surface area contributed by atoms with Crippen molar-refractivity contribution >= 4 is 33.3 Å². The first kappa shape index (κ1) is 9.54. The maximum atomic E-state index is 11.4. The topological polar surface area (TPSA) is 56.0 Å². The van der Waals surface area contributed by atoms with E-state index in [1.165, 1.54) is 23.1 Å². The molecule has 12 heavy (non-hydrogen) atoms. The first-order chi connectivity index (χ1) is 5.65. The monoisotopic (exact) mass is 202 g/mol. The molecular formula is C7H10N2OS2. The van der Waals surface area contributed by atoms with E-state index in [4.69, 9.17) is 5.73 Å². The van der Waals surface area contributed by atoms with Crippen LogP contribution in [-0.4, -0.2) is 15.9 Å². The number of aromatic nitrogens is 1. The fourth-order valence-electron chi connectivity index (χ4n) is 0.803. The number of nitrogens with two attached hydrogens (primary N) is 1. The van der Waals surface area contributed by atoms with Crippen LogP contribution in [0.5, 0.6) is 0 Å². The number of carbonyl (C=O) groups excluding carboxylic acids is 1. The molecule has 0 aliphatic rings. The summed E-state index contributed by atoms with van der Waals surface area (Å²) >= 11 is 2.55. The number of rotatable bonds is 2. The largest absolute Gasteiger partial charge is 0.375 e. The highest BCUT2D eigenvalue weighted by Crippen LogP contribution is 2.24. The molecule has 0 amide bonds. The Balaban J connectivity index is 2.87. The van der Waals surface area contributed by atoms with E-state index in [-0.39, 0.29) is 5.12 Å². The molecule has 1 rings (SSSR count). The summed E-state index contributed by atoms with van der Waals surface area (Å²) in [6.07, 6.45) is 0. The predicted octanol–water partition coefficient (Wildman–Crippen LogP) is 1.93. The van der Waals surface area contributed by atoms with Gasteiger partial charge >= 0.3 is 0 Å². The highest BCUT2D eigenvalue weighted by Gasteiger charge is 2.13. The summed E-state index contributed by atoms with van der Waals surface area (Å²) in [5, 5.41) is 0.539. The van der Waals surface area contributed by atoms with Crippen LogP contribution in [0.4, 0.5) is 5.13 Å². The van der Waals surface area contributed by atoms with Gasteiger partial charge in [0.1, 0.15) is 4.88 Å². The normalized spacial score (nSPS) is 10.2. The van der Waals surface area contributed by atoms with Gasteiger partial charge in [0.15, 0.2) is 5.13 Å². The molecule has 66 valence electrons. The van der Waals surface area contributed by atoms with Gasteiger partial charge in [-0.15, -0.1) is 0 Å². The van der Waals surface area contributed by atoms with Crippen molar-refractivity contribution in [2.75, 3.05) is 11.5 Å². The third-order valence-corrected chi connectivity index (χ3v) is 3.14. The van der Waals surface area contributed by atoms with E-state index in [1.807, 2.05) is 6.92 Å². The SMILES string of the molecule is CCSC(=O)c1sc(N)nc1C. The van der Waals surface area contributed by atoms with Crippen LogP contribution in [0.25, 0.3) is 0 Å². The van der Waals surface area contributed by atoms with E-state index in [2.05, 4.69) is 4.98 Å². The first-order valence-corrected chi connectivity index (χ1v) is 5.35. The average Bonchev–Trinajstić information content (AvgIpc) is 2.30. The fraction of sp³-hybridized carbons (Fsp3) is 0.429. The first-order valence-electron chi connectivity index (χ1n) is 3.55. The van der Waals surface area contributed by atoms with Gasteiger partial charge in [-0.1, -0.05) is 30.0 Å². The van der Waals surface area contributed by atoms with Gasteiger partial charge in [0.25, 0.3) is 0 Å². The Morgan fingerprint density at radius 3 is 2.83 bits per heavy atom. The van der Waals surface area contributed by atoms with Crippen LogP contribution in [0.2, 0.25) is 0 Å². The van der Waals surface area contributed by atoms with Crippen molar-refractivity contribution in [1.82, 2.24) is 4.98 Å². The summed E-state index contributed by atoms with van der Waals surface area (Å²) in [5.74, 6) is 0.788. The highest BCUT2D eigenvalue weighted by atomic mass is 32.2. The molecule has 1 aromatic heterocycles. The quantitative estimate of drug-likeness (QED) is 0.796. The van der Waals surface area contributed by atoms with Gasteiger partial charge in [0.2, 0.25) is 5.12 Å². The van der Waals surface area contributed by atoms with Gasteiger partial charge in [0.05, 0.1) is 5.69 Å². The highest BCUT2D eigenvalue weighted by molar-refractivity contribution is 8.14. The molecule has 2 N–H and O–H groups in total. The van der Waals surface area contributed by atoms with Crippen LogP contribution in [0.15, 0.2) is 0 Å². The van der Waals surface area contributed by atoms with E-state index in [9.17, 15) is 4.79 Å². The molecule has 0 aliphatic carbocycles. The van der Waals surface area contributed by atoms with Crippen molar-refractivity contribution in [2.45, 2.75) is 13.8 Å². The molecular weight excluding hydrogens is 192 g/mol. The van der Waals surface area contributed by atoms with Crippen LogP contribution in [0.1, 0.15) is 22.3 Å². The molecule has 0 radical (unpaired) electrons. The van der Waals surface area contributed by atoms with Crippen molar-refractivity contribution < 1.29 is 4.79 Å². The van der Waals surface area contributed by atoms with Crippen molar-refractivity contribution in [3.8, 4) is 0 Å². The standard InChI is InChI=1S/C7H10N2OS2/c1-3-11-6(10)5-4(2)9-7(8)12-5/h3H2,1-2H3,(H2,8,9). The van der Waals surface area contributed by atoms with Gasteiger partial charge in [-0.05, 0) is 12.7 Å². The lowest BCUT2D eigenvalue weighted by molar-refractivity contribution is 0.109. The maximum absolute atomic E-state index is 11.4. The second-order valence-corrected chi connectivity index (χ2v) is 4.45. The summed E-state index contributed by atoms with van der Waals surface area (Å²) in [5.41, 5.74) is 6.20. The lowest BCUT2D eigenvalue weighted by Crippen LogP contribution is -1.92. The number of nitrogen functional groups attached to an aromatic ring is 1. The number of thiazole rings is 1. The molecule has 0 unspecified atom stereocenters. The van der Waals surface area contributed by atoms with Gasteiger partial charge in [-0.2, -0.15) is 0 Å². The van der Waals surface area contributed by atoms with E-state index in [0.717, 1.165) is 11.4 Å². The number of hydrogen-bond acceptors (Lipinski definition) is 5. The molecule has 0 bridgehead atoms. The lowest BCUT2D eigenvalue weighted by Gasteiger charge is -1.92. The van der Waals surface area contributed by atoms with Gasteiger partial charge in [-0.3, -0.25) is 4.79 Å². The van der Waals surface area contributed by atoms with Crippen LogP contribution in [-0.2, 0) is 0 Å². The van der Waals surface area contributed by atoms with Crippen molar-refractivity contribution in [3.63, 3.8) is 0 Å². The number of aryl methyl sites for hydroxylation is 1. The fourth-order valence-corrected chi connectivity index (χ4v) is 2.31.